The highest BCUT2D eigenvalue weighted by molar-refractivity contribution is 5.89. The summed E-state index contributed by atoms with van der Waals surface area (Å²) < 4.78 is 5.25. The Kier molecular flexibility index (Phi) is 4.88. The van der Waals surface area contributed by atoms with E-state index in [2.05, 4.69) is 0 Å². The molecule has 2 saturated heterocycles. The monoisotopic (exact) mass is 298 g/mol. The number of aliphatic hydroxyl groups is 1. The van der Waals surface area contributed by atoms with E-state index in [1.54, 1.807) is 16.8 Å². The molecule has 0 aromatic rings. The Bertz CT molecular complexity index is 404. The molecule has 6 heteroatoms. The van der Waals surface area contributed by atoms with Crippen molar-refractivity contribution in [2.24, 2.45) is 5.92 Å². The number of hydrogen-bond acceptors (Lipinski definition) is 4. The van der Waals surface area contributed by atoms with E-state index >= 15 is 0 Å². The van der Waals surface area contributed by atoms with Crippen molar-refractivity contribution in [1.29, 1.82) is 0 Å². The SMILES string of the molecule is CC(C)N1CC(C(=O)N(C)CC2(O)CCOCC2)CC1=O. The van der Waals surface area contributed by atoms with E-state index in [-0.39, 0.29) is 30.2 Å². The van der Waals surface area contributed by atoms with Gasteiger partial charge in [0.05, 0.1) is 11.5 Å². The summed E-state index contributed by atoms with van der Waals surface area (Å²) in [4.78, 5) is 27.7. The van der Waals surface area contributed by atoms with Crippen molar-refractivity contribution >= 4 is 11.8 Å². The molecule has 0 aliphatic carbocycles. The molecule has 21 heavy (non-hydrogen) atoms. The number of carbonyl (C=O) groups is 2. The van der Waals surface area contributed by atoms with E-state index < -0.39 is 5.60 Å². The van der Waals surface area contributed by atoms with Crippen molar-refractivity contribution in [2.45, 2.75) is 44.8 Å². The van der Waals surface area contributed by atoms with E-state index in [1.165, 1.54) is 0 Å². The Morgan fingerprint density at radius 1 is 1.48 bits per heavy atom. The molecule has 6 nitrogen and oxygen atoms in total. The molecule has 2 aliphatic rings. The van der Waals surface area contributed by atoms with Crippen LogP contribution < -0.4 is 0 Å². The molecule has 120 valence electrons. The average molecular weight is 298 g/mol. The first kappa shape index (κ1) is 16.2. The quantitative estimate of drug-likeness (QED) is 0.807. The zero-order chi connectivity index (χ0) is 15.6. The molecular weight excluding hydrogens is 272 g/mol. The number of carbonyl (C=O) groups excluding carboxylic acids is 2. The molecule has 0 spiro atoms. The minimum atomic E-state index is -0.858. The van der Waals surface area contributed by atoms with Crippen LogP contribution in [0, 0.1) is 5.92 Å². The maximum Gasteiger partial charge on any atom is 0.227 e. The summed E-state index contributed by atoms with van der Waals surface area (Å²) in [5, 5.41) is 10.5. The van der Waals surface area contributed by atoms with Gasteiger partial charge in [-0.15, -0.1) is 0 Å². The topological polar surface area (TPSA) is 70.1 Å². The van der Waals surface area contributed by atoms with Crippen molar-refractivity contribution < 1.29 is 19.4 Å². The van der Waals surface area contributed by atoms with Crippen molar-refractivity contribution in [3.8, 4) is 0 Å². The standard InChI is InChI=1S/C15H26N2O4/c1-11(2)17-9-12(8-13(17)18)14(19)16(3)10-15(20)4-6-21-7-5-15/h11-12,20H,4-10H2,1-3H3. The number of amides is 2. The predicted molar refractivity (Wildman–Crippen MR) is 77.6 cm³/mol. The van der Waals surface area contributed by atoms with Gasteiger partial charge in [-0.2, -0.15) is 0 Å². The summed E-state index contributed by atoms with van der Waals surface area (Å²) in [6, 6.07) is 0.125. The van der Waals surface area contributed by atoms with Crippen LogP contribution in [0.15, 0.2) is 0 Å². The fraction of sp³-hybridized carbons (Fsp3) is 0.867. The van der Waals surface area contributed by atoms with Gasteiger partial charge in [-0.05, 0) is 13.8 Å². The summed E-state index contributed by atoms with van der Waals surface area (Å²) >= 11 is 0. The van der Waals surface area contributed by atoms with Gasteiger partial charge >= 0.3 is 0 Å². The van der Waals surface area contributed by atoms with Crippen molar-refractivity contribution in [1.82, 2.24) is 9.80 Å². The Hall–Kier alpha value is -1.14. The molecule has 2 rings (SSSR count). The molecule has 2 heterocycles. The van der Waals surface area contributed by atoms with Gasteiger partial charge in [-0.1, -0.05) is 0 Å². The highest BCUT2D eigenvalue weighted by Crippen LogP contribution is 2.25. The van der Waals surface area contributed by atoms with Crippen LogP contribution in [-0.2, 0) is 14.3 Å². The molecule has 0 aromatic carbocycles. The van der Waals surface area contributed by atoms with E-state index in [4.69, 9.17) is 4.74 Å². The highest BCUT2D eigenvalue weighted by atomic mass is 16.5. The number of hydrogen-bond donors (Lipinski definition) is 1. The number of rotatable bonds is 4. The minimum absolute atomic E-state index is 0.0431. The second-order valence-corrected chi connectivity index (χ2v) is 6.57. The van der Waals surface area contributed by atoms with E-state index in [0.717, 1.165) is 0 Å². The summed E-state index contributed by atoms with van der Waals surface area (Å²) in [7, 11) is 1.71. The van der Waals surface area contributed by atoms with Crippen LogP contribution in [0.25, 0.3) is 0 Å². The van der Waals surface area contributed by atoms with Gasteiger partial charge in [0.1, 0.15) is 0 Å². The fourth-order valence-corrected chi connectivity index (χ4v) is 3.14. The zero-order valence-corrected chi connectivity index (χ0v) is 13.2. The lowest BCUT2D eigenvalue weighted by atomic mass is 9.93. The van der Waals surface area contributed by atoms with Crippen molar-refractivity contribution in [3.63, 3.8) is 0 Å². The molecule has 0 bridgehead atoms. The molecule has 2 aliphatic heterocycles. The lowest BCUT2D eigenvalue weighted by Crippen LogP contribution is -2.48. The van der Waals surface area contributed by atoms with Gasteiger partial charge in [0, 0.05) is 58.7 Å². The van der Waals surface area contributed by atoms with Crippen LogP contribution in [0.4, 0.5) is 0 Å². The summed E-state index contributed by atoms with van der Waals surface area (Å²) in [6.45, 7) is 5.77. The number of likely N-dealkylation sites (tertiary alicyclic amines) is 1. The van der Waals surface area contributed by atoms with Gasteiger partial charge in [0.25, 0.3) is 0 Å². The maximum atomic E-state index is 12.5. The smallest absolute Gasteiger partial charge is 0.227 e. The Labute approximate surface area is 126 Å². The van der Waals surface area contributed by atoms with Crippen LogP contribution in [0.3, 0.4) is 0 Å². The van der Waals surface area contributed by atoms with Gasteiger partial charge < -0.3 is 19.6 Å². The van der Waals surface area contributed by atoms with Crippen molar-refractivity contribution in [3.05, 3.63) is 0 Å². The molecule has 0 saturated carbocycles. The van der Waals surface area contributed by atoms with Gasteiger partial charge in [0.2, 0.25) is 11.8 Å². The van der Waals surface area contributed by atoms with Gasteiger partial charge in [-0.25, -0.2) is 0 Å². The normalized spacial score (nSPS) is 25.5. The second kappa shape index (κ2) is 6.32. The van der Waals surface area contributed by atoms with E-state index in [1.807, 2.05) is 13.8 Å². The molecule has 2 amide bonds. The largest absolute Gasteiger partial charge is 0.388 e. The number of nitrogens with zero attached hydrogens (tertiary/aromatic N) is 2. The van der Waals surface area contributed by atoms with Crippen LogP contribution in [0.5, 0.6) is 0 Å². The van der Waals surface area contributed by atoms with Crippen LogP contribution in [0.2, 0.25) is 0 Å². The molecule has 1 atom stereocenters. The van der Waals surface area contributed by atoms with Crippen LogP contribution in [0.1, 0.15) is 33.1 Å². The van der Waals surface area contributed by atoms with Gasteiger partial charge in [-0.3, -0.25) is 9.59 Å². The summed E-state index contributed by atoms with van der Waals surface area (Å²) in [5.41, 5.74) is -0.858. The summed E-state index contributed by atoms with van der Waals surface area (Å²) in [6.07, 6.45) is 1.38. The number of likely N-dealkylation sites (N-methyl/N-ethyl adjacent to an activating group) is 1. The third kappa shape index (κ3) is 3.74. The molecule has 1 unspecified atom stereocenters. The van der Waals surface area contributed by atoms with E-state index in [0.29, 0.717) is 39.1 Å². The molecule has 2 fully saturated rings. The van der Waals surface area contributed by atoms with Crippen molar-refractivity contribution in [2.75, 3.05) is 33.4 Å². The average Bonchev–Trinajstić information content (AvgIpc) is 2.80. The third-order valence-corrected chi connectivity index (χ3v) is 4.46. The molecule has 1 N–H and O–H groups in total. The summed E-state index contributed by atoms with van der Waals surface area (Å²) in [5.74, 6) is -0.290. The van der Waals surface area contributed by atoms with Crippen LogP contribution in [-0.4, -0.2) is 71.7 Å². The number of ether oxygens (including phenoxy) is 1. The highest BCUT2D eigenvalue weighted by Gasteiger charge is 2.39. The maximum absolute atomic E-state index is 12.5. The lowest BCUT2D eigenvalue weighted by molar-refractivity contribution is -0.140. The van der Waals surface area contributed by atoms with Crippen LogP contribution >= 0.6 is 0 Å². The van der Waals surface area contributed by atoms with E-state index in [9.17, 15) is 14.7 Å². The third-order valence-electron chi connectivity index (χ3n) is 4.46. The second-order valence-electron chi connectivity index (χ2n) is 6.57. The molecular formula is C15H26N2O4. The minimum Gasteiger partial charge on any atom is -0.388 e. The Morgan fingerprint density at radius 3 is 2.62 bits per heavy atom. The molecule has 0 aromatic heterocycles. The predicted octanol–water partition coefficient (Wildman–Crippen LogP) is 0.243. The first-order valence-corrected chi connectivity index (χ1v) is 7.67. The first-order chi connectivity index (χ1) is 9.82. The Morgan fingerprint density at radius 2 is 2.10 bits per heavy atom. The Balaban J connectivity index is 1.92. The molecule has 0 radical (unpaired) electrons. The lowest BCUT2D eigenvalue weighted by Gasteiger charge is -2.36. The van der Waals surface area contributed by atoms with Gasteiger partial charge in [0.15, 0.2) is 0 Å². The first-order valence-electron chi connectivity index (χ1n) is 7.67. The zero-order valence-electron chi connectivity index (χ0n) is 13.2. The fourth-order valence-electron chi connectivity index (χ4n) is 3.14.